The van der Waals surface area contributed by atoms with Crippen molar-refractivity contribution >= 4 is 35.3 Å². The lowest BCUT2D eigenvalue weighted by atomic mass is 9.76. The number of ketones is 1. The second-order valence-electron chi connectivity index (χ2n) is 24.2. The molecule has 2 saturated heterocycles. The summed E-state index contributed by atoms with van der Waals surface area (Å²) in [4.78, 5) is 95.3. The Morgan fingerprint density at radius 2 is 1.05 bits per heavy atom. The van der Waals surface area contributed by atoms with Crippen LogP contribution in [-0.2, 0) is 54.7 Å². The molecule has 0 radical (unpaired) electrons. The van der Waals surface area contributed by atoms with Gasteiger partial charge < -0.3 is 30.2 Å². The highest BCUT2D eigenvalue weighted by molar-refractivity contribution is 5.91. The predicted molar refractivity (Wildman–Crippen MR) is 304 cm³/mol. The second kappa shape index (κ2) is 28.8. The molecule has 2 aliphatic rings. The SMILES string of the molecule is CC[C@@H](C)C(=O)N[C@H](C(=O)N1CCC[C@H]1CN(CCc1ccccc1)C(=O)CN(C)Cc1ccc(CN(C)CC(=O)N(CCc2ccccc2)C[C@@H]2CCCN2C(=O)[C@@H](CC(=O)[C@H](C)NC)C(C)(C)C)cc1)C(C)(C)C. The van der Waals surface area contributed by atoms with Crippen LogP contribution in [0.1, 0.15) is 123 Å². The summed E-state index contributed by atoms with van der Waals surface area (Å²) in [6.45, 7) is 22.4. The zero-order valence-corrected chi connectivity index (χ0v) is 48.4. The van der Waals surface area contributed by atoms with Gasteiger partial charge in [-0.25, -0.2) is 0 Å². The Morgan fingerprint density at radius 1 is 0.618 bits per heavy atom. The number of rotatable bonds is 27. The maximum absolute atomic E-state index is 14.4. The number of Topliss-reactive ketones (excluding diaryl/α,β-unsaturated/α-hetero) is 1. The third-order valence-electron chi connectivity index (χ3n) is 15.8. The fourth-order valence-electron chi connectivity index (χ4n) is 10.5. The number of hydrogen-bond donors (Lipinski definition) is 2. The minimum Gasteiger partial charge on any atom is -0.344 e. The average Bonchev–Trinajstić information content (AvgIpc) is 4.06. The molecule has 0 saturated carbocycles. The van der Waals surface area contributed by atoms with Gasteiger partial charge in [0.2, 0.25) is 29.5 Å². The Morgan fingerprint density at radius 3 is 1.45 bits per heavy atom. The van der Waals surface area contributed by atoms with Crippen molar-refractivity contribution in [3.05, 3.63) is 107 Å². The zero-order chi connectivity index (χ0) is 55.7. The van der Waals surface area contributed by atoms with E-state index in [4.69, 9.17) is 0 Å². The van der Waals surface area contributed by atoms with E-state index in [1.807, 2.05) is 142 Å². The molecule has 14 nitrogen and oxygen atoms in total. The lowest BCUT2D eigenvalue weighted by Gasteiger charge is -2.38. The van der Waals surface area contributed by atoms with Crippen molar-refractivity contribution in [2.24, 2.45) is 22.7 Å². The standard InChI is InChI=1S/C62H94N8O6/c1-13-45(2)58(74)64-57(62(7,8)9)60(76)70-35-21-27-52(70)42-68(37-33-48-24-18-15-19-25-48)56(73)44-66(12)40-50-30-28-49(29-31-50)39-65(11)43-55(72)67(36-32-47-22-16-14-17-23-47)41-51-26-20-34-69(51)59(75)53(61(4,5)6)38-54(71)46(3)63-10/h14-19,22-25,28-31,45-46,51-53,57,63H,13,20-21,26-27,32-44H2,1-12H3,(H,64,74)/t45-,46+,51+,52+,53-,57-/m1/s1. The first-order valence-corrected chi connectivity index (χ1v) is 28.2. The van der Waals surface area contributed by atoms with Crippen molar-refractivity contribution in [3.8, 4) is 0 Å². The summed E-state index contributed by atoms with van der Waals surface area (Å²) in [5.74, 6) is -0.824. The third-order valence-corrected chi connectivity index (χ3v) is 15.8. The topological polar surface area (TPSA) is 146 Å². The summed E-state index contributed by atoms with van der Waals surface area (Å²) in [7, 11) is 5.68. The van der Waals surface area contributed by atoms with E-state index >= 15 is 0 Å². The molecular formula is C62H94N8O6. The number of nitrogens with one attached hydrogen (secondary N) is 2. The predicted octanol–water partition coefficient (Wildman–Crippen LogP) is 7.48. The van der Waals surface area contributed by atoms with Gasteiger partial charge in [-0.2, -0.15) is 0 Å². The molecule has 0 aliphatic carbocycles. The Bertz CT molecular complexity index is 2170. The highest BCUT2D eigenvalue weighted by Gasteiger charge is 2.42. The molecule has 5 rings (SSSR count). The molecule has 76 heavy (non-hydrogen) atoms. The van der Waals surface area contributed by atoms with Crippen LogP contribution >= 0.6 is 0 Å². The van der Waals surface area contributed by atoms with Crippen molar-refractivity contribution in [2.45, 2.75) is 151 Å². The van der Waals surface area contributed by atoms with Crippen LogP contribution in [0, 0.1) is 22.7 Å². The van der Waals surface area contributed by atoms with Gasteiger partial charge in [-0.1, -0.05) is 140 Å². The van der Waals surface area contributed by atoms with Crippen LogP contribution in [0.15, 0.2) is 84.9 Å². The van der Waals surface area contributed by atoms with E-state index < -0.39 is 22.8 Å². The van der Waals surface area contributed by atoms with Gasteiger partial charge in [0.15, 0.2) is 0 Å². The lowest BCUT2D eigenvalue weighted by Crippen LogP contribution is -2.58. The number of carbonyl (C=O) groups is 6. The molecular weight excluding hydrogens is 953 g/mol. The molecule has 2 N–H and O–H groups in total. The fourth-order valence-corrected chi connectivity index (χ4v) is 10.5. The Labute approximate surface area is 456 Å². The molecule has 0 spiro atoms. The molecule has 2 fully saturated rings. The number of amides is 5. The van der Waals surface area contributed by atoms with Crippen LogP contribution in [-0.4, -0.2) is 162 Å². The number of carbonyl (C=O) groups excluding carboxylic acids is 6. The van der Waals surface area contributed by atoms with Crippen molar-refractivity contribution in [2.75, 3.05) is 73.5 Å². The molecule has 2 aliphatic heterocycles. The molecule has 3 aromatic rings. The van der Waals surface area contributed by atoms with Crippen LogP contribution < -0.4 is 10.6 Å². The van der Waals surface area contributed by atoms with Crippen molar-refractivity contribution in [1.82, 2.24) is 40.0 Å². The Balaban J connectivity index is 1.21. The maximum Gasteiger partial charge on any atom is 0.246 e. The van der Waals surface area contributed by atoms with E-state index in [0.717, 1.165) is 47.9 Å². The number of likely N-dealkylation sites (tertiary alicyclic amines) is 2. The normalized spacial score (nSPS) is 17.6. The van der Waals surface area contributed by atoms with Gasteiger partial charge in [0, 0.05) is 82.7 Å². The molecule has 14 heteroatoms. The summed E-state index contributed by atoms with van der Waals surface area (Å²) in [6, 6.07) is 27.4. The molecule has 0 unspecified atom stereocenters. The van der Waals surface area contributed by atoms with Gasteiger partial charge in [-0.3, -0.25) is 38.6 Å². The smallest absolute Gasteiger partial charge is 0.246 e. The van der Waals surface area contributed by atoms with Crippen LogP contribution in [0.5, 0.6) is 0 Å². The molecule has 418 valence electrons. The molecule has 3 aromatic carbocycles. The zero-order valence-electron chi connectivity index (χ0n) is 48.4. The summed E-state index contributed by atoms with van der Waals surface area (Å²) >= 11 is 0. The van der Waals surface area contributed by atoms with Crippen LogP contribution in [0.3, 0.4) is 0 Å². The summed E-state index contributed by atoms with van der Waals surface area (Å²) in [6.07, 6.45) is 5.54. The second-order valence-corrected chi connectivity index (χ2v) is 24.2. The first-order valence-electron chi connectivity index (χ1n) is 28.2. The lowest BCUT2D eigenvalue weighted by molar-refractivity contribution is -0.144. The summed E-state index contributed by atoms with van der Waals surface area (Å²) < 4.78 is 0. The average molecular weight is 1050 g/mol. The van der Waals surface area contributed by atoms with Crippen LogP contribution in [0.25, 0.3) is 0 Å². The Kier molecular flexibility index (Phi) is 23.3. The van der Waals surface area contributed by atoms with E-state index in [-0.39, 0.29) is 78.9 Å². The first-order chi connectivity index (χ1) is 36.0. The molecule has 2 heterocycles. The summed E-state index contributed by atoms with van der Waals surface area (Å²) in [5, 5.41) is 6.12. The van der Waals surface area contributed by atoms with Gasteiger partial charge in [-0.05, 0) is 106 Å². The molecule has 5 amide bonds. The first kappa shape index (κ1) is 61.4. The number of likely N-dealkylation sites (N-methyl/N-ethyl adjacent to an activating group) is 3. The van der Waals surface area contributed by atoms with E-state index in [9.17, 15) is 28.8 Å². The summed E-state index contributed by atoms with van der Waals surface area (Å²) in [5.41, 5.74) is 3.51. The fraction of sp³-hybridized carbons (Fsp3) is 0.613. The van der Waals surface area contributed by atoms with Crippen LogP contribution in [0.4, 0.5) is 0 Å². The number of hydrogen-bond acceptors (Lipinski definition) is 9. The van der Waals surface area contributed by atoms with Gasteiger partial charge in [0.1, 0.15) is 11.8 Å². The van der Waals surface area contributed by atoms with Gasteiger partial charge in [0.05, 0.1) is 19.1 Å². The Hall–Kier alpha value is -5.44. The van der Waals surface area contributed by atoms with Crippen LogP contribution in [0.2, 0.25) is 0 Å². The third kappa shape index (κ3) is 18.4. The van der Waals surface area contributed by atoms with Crippen molar-refractivity contribution in [3.63, 3.8) is 0 Å². The van der Waals surface area contributed by atoms with E-state index in [1.165, 1.54) is 0 Å². The van der Waals surface area contributed by atoms with E-state index in [1.54, 1.807) is 7.05 Å². The van der Waals surface area contributed by atoms with Gasteiger partial charge in [0.25, 0.3) is 0 Å². The minimum atomic E-state index is -0.674. The highest BCUT2D eigenvalue weighted by atomic mass is 16.2. The number of nitrogens with zero attached hydrogens (tertiary/aromatic N) is 6. The molecule has 0 aromatic heterocycles. The number of benzene rings is 3. The maximum atomic E-state index is 14.4. The van der Waals surface area contributed by atoms with E-state index in [0.29, 0.717) is 71.6 Å². The van der Waals surface area contributed by atoms with Gasteiger partial charge in [-0.15, -0.1) is 0 Å². The molecule has 0 bridgehead atoms. The van der Waals surface area contributed by atoms with E-state index in [2.05, 4.69) is 59.2 Å². The molecule has 6 atom stereocenters. The monoisotopic (exact) mass is 1050 g/mol. The van der Waals surface area contributed by atoms with Gasteiger partial charge >= 0.3 is 0 Å². The largest absolute Gasteiger partial charge is 0.344 e. The van der Waals surface area contributed by atoms with Crippen molar-refractivity contribution < 1.29 is 28.8 Å². The minimum absolute atomic E-state index is 0.00189. The van der Waals surface area contributed by atoms with Crippen molar-refractivity contribution in [1.29, 1.82) is 0 Å². The quantitative estimate of drug-likeness (QED) is 0.0794. The highest BCUT2D eigenvalue weighted by Crippen LogP contribution is 2.34.